The van der Waals surface area contributed by atoms with Crippen LogP contribution >= 0.6 is 0 Å². The number of hydrogen-bond acceptors (Lipinski definition) is 2. The van der Waals surface area contributed by atoms with Gasteiger partial charge in [0.1, 0.15) is 0 Å². The van der Waals surface area contributed by atoms with Crippen molar-refractivity contribution in [1.82, 2.24) is 10.6 Å². The van der Waals surface area contributed by atoms with Crippen molar-refractivity contribution in [3.63, 3.8) is 0 Å². The summed E-state index contributed by atoms with van der Waals surface area (Å²) in [4.78, 5) is 12.1. The minimum Gasteiger partial charge on any atom is -0.355 e. The fourth-order valence-electron chi connectivity index (χ4n) is 2.37. The minimum atomic E-state index is -0.0795. The van der Waals surface area contributed by atoms with E-state index in [1.807, 2.05) is 37.3 Å². The number of carbonyl (C=O) groups is 1. The van der Waals surface area contributed by atoms with Crippen LogP contribution in [0.2, 0.25) is 0 Å². The maximum Gasteiger partial charge on any atom is 0.227 e. The molecule has 2 N–H and O–H groups in total. The molecule has 1 saturated heterocycles. The van der Waals surface area contributed by atoms with E-state index in [9.17, 15) is 4.79 Å². The minimum absolute atomic E-state index is 0.0795. The summed E-state index contributed by atoms with van der Waals surface area (Å²) in [6.07, 6.45) is 1.13. The molecule has 1 aromatic carbocycles. The molecule has 0 spiro atoms. The van der Waals surface area contributed by atoms with Crippen molar-refractivity contribution in [2.24, 2.45) is 5.41 Å². The van der Waals surface area contributed by atoms with Crippen LogP contribution in [-0.4, -0.2) is 25.5 Å². The number of carbonyl (C=O) groups excluding carboxylic acids is 1. The first kappa shape index (κ1) is 13.1. The maximum absolute atomic E-state index is 12.1. The first-order chi connectivity index (χ1) is 8.61. The van der Waals surface area contributed by atoms with E-state index in [1.54, 1.807) is 0 Å². The van der Waals surface area contributed by atoms with Gasteiger partial charge in [0.25, 0.3) is 0 Å². The summed E-state index contributed by atoms with van der Waals surface area (Å²) < 4.78 is 0. The summed E-state index contributed by atoms with van der Waals surface area (Å²) >= 11 is 0. The lowest BCUT2D eigenvalue weighted by Crippen LogP contribution is -2.38. The third-order valence-corrected chi connectivity index (χ3v) is 3.84. The van der Waals surface area contributed by atoms with Crippen LogP contribution in [0.25, 0.3) is 0 Å². The highest BCUT2D eigenvalue weighted by atomic mass is 16.1. The van der Waals surface area contributed by atoms with E-state index in [0.29, 0.717) is 0 Å². The standard InChI is InChI=1S/C15H22N2O/c1-12(13-6-4-3-5-7-13)14(18)17-11-15(2)8-9-16-10-15/h3-7,12,16H,8-11H2,1-2H3,(H,17,18). The van der Waals surface area contributed by atoms with Crippen molar-refractivity contribution in [3.05, 3.63) is 35.9 Å². The predicted molar refractivity (Wildman–Crippen MR) is 73.5 cm³/mol. The van der Waals surface area contributed by atoms with Crippen molar-refractivity contribution in [2.75, 3.05) is 19.6 Å². The molecule has 0 aromatic heterocycles. The van der Waals surface area contributed by atoms with Crippen molar-refractivity contribution in [1.29, 1.82) is 0 Å². The molecule has 0 radical (unpaired) electrons. The smallest absolute Gasteiger partial charge is 0.227 e. The fraction of sp³-hybridized carbons (Fsp3) is 0.533. The third-order valence-electron chi connectivity index (χ3n) is 3.84. The summed E-state index contributed by atoms with van der Waals surface area (Å²) in [6, 6.07) is 9.92. The highest BCUT2D eigenvalue weighted by Gasteiger charge is 2.29. The summed E-state index contributed by atoms with van der Waals surface area (Å²) in [7, 11) is 0. The van der Waals surface area contributed by atoms with E-state index in [0.717, 1.165) is 31.6 Å². The van der Waals surface area contributed by atoms with Gasteiger partial charge in [-0.25, -0.2) is 0 Å². The molecule has 1 amide bonds. The molecule has 1 aromatic rings. The molecular weight excluding hydrogens is 224 g/mol. The van der Waals surface area contributed by atoms with Crippen LogP contribution in [0.4, 0.5) is 0 Å². The number of nitrogens with one attached hydrogen (secondary N) is 2. The second kappa shape index (κ2) is 5.53. The average molecular weight is 246 g/mol. The molecular formula is C15H22N2O. The third kappa shape index (κ3) is 3.10. The lowest BCUT2D eigenvalue weighted by Gasteiger charge is -2.24. The van der Waals surface area contributed by atoms with E-state index < -0.39 is 0 Å². The molecule has 1 aliphatic heterocycles. The SMILES string of the molecule is CC(C(=O)NCC1(C)CCNC1)c1ccccc1. The molecule has 2 atom stereocenters. The largest absolute Gasteiger partial charge is 0.355 e. The molecule has 0 aliphatic carbocycles. The Morgan fingerprint density at radius 2 is 2.17 bits per heavy atom. The number of rotatable bonds is 4. The van der Waals surface area contributed by atoms with Crippen molar-refractivity contribution in [3.8, 4) is 0 Å². The Bertz CT molecular complexity index is 396. The average Bonchev–Trinajstić information content (AvgIpc) is 2.83. The zero-order valence-corrected chi connectivity index (χ0v) is 11.2. The molecule has 2 rings (SSSR count). The van der Waals surface area contributed by atoms with Gasteiger partial charge in [0, 0.05) is 13.1 Å². The predicted octanol–water partition coefficient (Wildman–Crippen LogP) is 1.91. The molecule has 1 aliphatic rings. The second-order valence-electron chi connectivity index (χ2n) is 5.59. The topological polar surface area (TPSA) is 41.1 Å². The zero-order chi connectivity index (χ0) is 13.0. The van der Waals surface area contributed by atoms with Crippen LogP contribution in [0, 0.1) is 5.41 Å². The lowest BCUT2D eigenvalue weighted by molar-refractivity contribution is -0.122. The fourth-order valence-corrected chi connectivity index (χ4v) is 2.37. The normalized spacial score (nSPS) is 24.8. The van der Waals surface area contributed by atoms with E-state index in [-0.39, 0.29) is 17.2 Å². The molecule has 1 heterocycles. The Morgan fingerprint density at radius 3 is 2.78 bits per heavy atom. The van der Waals surface area contributed by atoms with Crippen LogP contribution in [0.1, 0.15) is 31.7 Å². The molecule has 0 saturated carbocycles. The van der Waals surface area contributed by atoms with Gasteiger partial charge in [-0.1, -0.05) is 37.3 Å². The number of hydrogen-bond donors (Lipinski definition) is 2. The van der Waals surface area contributed by atoms with Crippen molar-refractivity contribution < 1.29 is 4.79 Å². The molecule has 2 unspecified atom stereocenters. The van der Waals surface area contributed by atoms with Gasteiger partial charge in [-0.2, -0.15) is 0 Å². The summed E-state index contributed by atoms with van der Waals surface area (Å²) in [6.45, 7) is 6.99. The van der Waals surface area contributed by atoms with E-state index >= 15 is 0 Å². The first-order valence-corrected chi connectivity index (χ1v) is 6.64. The van der Waals surface area contributed by atoms with Gasteiger partial charge in [-0.15, -0.1) is 0 Å². The van der Waals surface area contributed by atoms with Crippen LogP contribution in [0.5, 0.6) is 0 Å². The highest BCUT2D eigenvalue weighted by Crippen LogP contribution is 2.23. The first-order valence-electron chi connectivity index (χ1n) is 6.64. The van der Waals surface area contributed by atoms with Gasteiger partial charge in [-0.3, -0.25) is 4.79 Å². The van der Waals surface area contributed by atoms with Gasteiger partial charge >= 0.3 is 0 Å². The molecule has 98 valence electrons. The Hall–Kier alpha value is -1.35. The van der Waals surface area contributed by atoms with Gasteiger partial charge < -0.3 is 10.6 Å². The van der Waals surface area contributed by atoms with Crippen LogP contribution in [0.15, 0.2) is 30.3 Å². The lowest BCUT2D eigenvalue weighted by atomic mass is 9.89. The van der Waals surface area contributed by atoms with Gasteiger partial charge in [0.05, 0.1) is 5.92 Å². The number of amides is 1. The van der Waals surface area contributed by atoms with E-state index in [1.165, 1.54) is 0 Å². The van der Waals surface area contributed by atoms with E-state index in [2.05, 4.69) is 17.6 Å². The van der Waals surface area contributed by atoms with Crippen LogP contribution < -0.4 is 10.6 Å². The molecule has 18 heavy (non-hydrogen) atoms. The van der Waals surface area contributed by atoms with Crippen molar-refractivity contribution >= 4 is 5.91 Å². The Balaban J connectivity index is 1.88. The second-order valence-corrected chi connectivity index (χ2v) is 5.59. The molecule has 3 nitrogen and oxygen atoms in total. The zero-order valence-electron chi connectivity index (χ0n) is 11.2. The van der Waals surface area contributed by atoms with Gasteiger partial charge in [0.2, 0.25) is 5.91 Å². The van der Waals surface area contributed by atoms with Crippen LogP contribution in [-0.2, 0) is 4.79 Å². The number of benzene rings is 1. The Morgan fingerprint density at radius 1 is 1.44 bits per heavy atom. The summed E-state index contributed by atoms with van der Waals surface area (Å²) in [5.41, 5.74) is 1.29. The Labute approximate surface area is 109 Å². The Kier molecular flexibility index (Phi) is 4.02. The molecule has 3 heteroatoms. The van der Waals surface area contributed by atoms with Gasteiger partial charge in [0.15, 0.2) is 0 Å². The summed E-state index contributed by atoms with van der Waals surface area (Å²) in [5.74, 6) is 0.0403. The monoisotopic (exact) mass is 246 g/mol. The molecule has 1 fully saturated rings. The molecule has 0 bridgehead atoms. The van der Waals surface area contributed by atoms with Crippen molar-refractivity contribution in [2.45, 2.75) is 26.2 Å². The quantitative estimate of drug-likeness (QED) is 0.852. The maximum atomic E-state index is 12.1. The van der Waals surface area contributed by atoms with Crippen LogP contribution in [0.3, 0.4) is 0 Å². The van der Waals surface area contributed by atoms with Gasteiger partial charge in [-0.05, 0) is 30.9 Å². The highest BCUT2D eigenvalue weighted by molar-refractivity contribution is 5.83. The summed E-state index contributed by atoms with van der Waals surface area (Å²) in [5, 5.41) is 6.43. The van der Waals surface area contributed by atoms with E-state index in [4.69, 9.17) is 0 Å².